The number of hydrogen-bond donors (Lipinski definition) is 0. The highest BCUT2D eigenvalue weighted by molar-refractivity contribution is 6.95. The monoisotopic (exact) mass is 306 g/mol. The van der Waals surface area contributed by atoms with E-state index < -0.39 is 25.2 Å². The fourth-order valence-corrected chi connectivity index (χ4v) is 17.4. The van der Waals surface area contributed by atoms with Crippen molar-refractivity contribution < 1.29 is 4.11 Å². The molecule has 0 amide bonds. The molecule has 0 spiro atoms. The zero-order valence-corrected chi connectivity index (χ0v) is 16.7. The molecule has 0 unspecified atom stereocenters. The molecule has 0 N–H and O–H groups in total. The van der Waals surface area contributed by atoms with Gasteiger partial charge < -0.3 is 8.46 Å². The fraction of sp³-hybridized carbons (Fsp3) is 1.00. The predicted octanol–water partition coefficient (Wildman–Crippen LogP) is 3.98. The van der Waals surface area contributed by atoms with Crippen LogP contribution in [0.1, 0.15) is 20.8 Å². The van der Waals surface area contributed by atoms with Crippen LogP contribution in [0, 0.1) is 0 Å². The first-order valence-electron chi connectivity index (χ1n) is 6.97. The van der Waals surface area contributed by atoms with Crippen LogP contribution in [-0.4, -0.2) is 46.8 Å². The van der Waals surface area contributed by atoms with Gasteiger partial charge in [0.1, 0.15) is 16.5 Å². The highest BCUT2D eigenvalue weighted by Crippen LogP contribution is 2.48. The van der Waals surface area contributed by atoms with E-state index in [1.54, 1.807) is 0 Å². The Morgan fingerprint density at radius 1 is 0.833 bits per heavy atom. The molecule has 2 nitrogen and oxygen atoms in total. The third-order valence-corrected chi connectivity index (χ3v) is 17.1. The topological polar surface area (TPSA) is 6.48 Å². The predicted molar refractivity (Wildman–Crippen MR) is 86.7 cm³/mol. The van der Waals surface area contributed by atoms with Gasteiger partial charge in [0.15, 0.2) is 0 Å². The zero-order chi connectivity index (χ0) is 14.6. The molecule has 0 saturated carbocycles. The number of nitrogens with zero attached hydrogens (tertiary/aromatic N) is 2. The summed E-state index contributed by atoms with van der Waals surface area (Å²) in [6, 6.07) is 0. The Labute approximate surface area is 116 Å². The van der Waals surface area contributed by atoms with Crippen molar-refractivity contribution in [2.24, 2.45) is 0 Å². The van der Waals surface area contributed by atoms with E-state index in [1.165, 1.54) is 0 Å². The minimum atomic E-state index is -3.03. The molecular weight excluding hydrogens is 275 g/mol. The third kappa shape index (κ3) is 2.67. The van der Waals surface area contributed by atoms with Gasteiger partial charge in [-0.3, -0.25) is 4.11 Å². The number of halogens is 1. The van der Waals surface area contributed by atoms with Crippen LogP contribution in [0.25, 0.3) is 0 Å². The van der Waals surface area contributed by atoms with Gasteiger partial charge in [0.25, 0.3) is 0 Å². The first-order valence-corrected chi connectivity index (χ1v) is 15.6. The van der Waals surface area contributed by atoms with Crippen LogP contribution in [-0.2, 0) is 0 Å². The van der Waals surface area contributed by atoms with E-state index in [-0.39, 0.29) is 5.04 Å². The lowest BCUT2D eigenvalue weighted by Gasteiger charge is -2.50. The molecular formula is C12H31FN2Si3. The van der Waals surface area contributed by atoms with Crippen molar-refractivity contribution in [3.05, 3.63) is 0 Å². The van der Waals surface area contributed by atoms with Crippen molar-refractivity contribution in [3.8, 4) is 0 Å². The third-order valence-electron chi connectivity index (χ3n) is 3.84. The van der Waals surface area contributed by atoms with Crippen LogP contribution >= 0.6 is 0 Å². The Morgan fingerprint density at radius 2 is 1.11 bits per heavy atom. The van der Waals surface area contributed by atoms with E-state index >= 15 is 4.11 Å². The van der Waals surface area contributed by atoms with Crippen LogP contribution in [0.5, 0.6) is 0 Å². The molecule has 6 heteroatoms. The lowest BCUT2D eigenvalue weighted by molar-refractivity contribution is 0.462. The minimum absolute atomic E-state index is 0.232. The molecule has 1 aliphatic heterocycles. The minimum Gasteiger partial charge on any atom is -0.307 e. The van der Waals surface area contributed by atoms with E-state index in [1.807, 2.05) is 0 Å². The molecule has 0 aromatic rings. The lowest BCUT2D eigenvalue weighted by Crippen LogP contribution is -2.71. The molecule has 1 heterocycles. The molecule has 1 aliphatic rings. The Hall–Kier alpha value is 0.501. The van der Waals surface area contributed by atoms with Gasteiger partial charge in [-0.05, 0) is 0 Å². The summed E-state index contributed by atoms with van der Waals surface area (Å²) in [7, 11) is -6.21. The maximum atomic E-state index is 16.2. The van der Waals surface area contributed by atoms with E-state index in [2.05, 4.69) is 68.5 Å². The van der Waals surface area contributed by atoms with Crippen molar-refractivity contribution >= 4 is 25.2 Å². The molecule has 108 valence electrons. The molecule has 0 radical (unpaired) electrons. The van der Waals surface area contributed by atoms with Gasteiger partial charge in [0, 0.05) is 18.1 Å². The van der Waals surface area contributed by atoms with E-state index in [9.17, 15) is 0 Å². The largest absolute Gasteiger partial charge is 0.393 e. The van der Waals surface area contributed by atoms with Gasteiger partial charge in [0.2, 0.25) is 0 Å². The molecule has 0 atom stereocenters. The molecule has 0 aliphatic carbocycles. The second-order valence-corrected chi connectivity index (χ2v) is 22.9. The summed E-state index contributed by atoms with van der Waals surface area (Å²) < 4.78 is 20.9. The van der Waals surface area contributed by atoms with Gasteiger partial charge in [-0.15, -0.1) is 0 Å². The molecule has 18 heavy (non-hydrogen) atoms. The molecule has 0 aromatic heterocycles. The average molecular weight is 307 g/mol. The highest BCUT2D eigenvalue weighted by Gasteiger charge is 2.64. The van der Waals surface area contributed by atoms with E-state index in [0.29, 0.717) is 0 Å². The summed E-state index contributed by atoms with van der Waals surface area (Å²) in [6.07, 6.45) is 0. The Morgan fingerprint density at radius 3 is 1.28 bits per heavy atom. The summed E-state index contributed by atoms with van der Waals surface area (Å²) in [5.41, 5.74) is 0. The van der Waals surface area contributed by atoms with Crippen molar-refractivity contribution in [3.63, 3.8) is 0 Å². The highest BCUT2D eigenvalue weighted by atomic mass is 28.5. The quantitative estimate of drug-likeness (QED) is 0.562. The van der Waals surface area contributed by atoms with Gasteiger partial charge in [0.05, 0.1) is 0 Å². The Balaban J connectivity index is 3.30. The van der Waals surface area contributed by atoms with Crippen molar-refractivity contribution in [1.82, 2.24) is 8.46 Å². The summed E-state index contributed by atoms with van der Waals surface area (Å²) >= 11 is 0. The SMILES string of the molecule is CC(C)(C)[Si]1(F)N([Si](C)(C)C)CCN1[Si](C)(C)C. The maximum absolute atomic E-state index is 16.2. The zero-order valence-electron chi connectivity index (χ0n) is 13.7. The van der Waals surface area contributed by atoms with Crippen molar-refractivity contribution in [1.29, 1.82) is 0 Å². The second-order valence-electron chi connectivity index (χ2n) is 8.48. The van der Waals surface area contributed by atoms with Gasteiger partial charge in [-0.2, -0.15) is 0 Å². The average Bonchev–Trinajstić information content (AvgIpc) is 2.40. The smallest absolute Gasteiger partial charge is 0.307 e. The fourth-order valence-electron chi connectivity index (χ4n) is 3.01. The standard InChI is InChI=1S/C12H31FN2Si3/c1-12(2,3)18(13)14(16(4,5)6)10-11-15(18)17(7,8)9/h10-11H2,1-9H3. The van der Waals surface area contributed by atoms with Crippen molar-refractivity contribution in [2.75, 3.05) is 13.1 Å². The van der Waals surface area contributed by atoms with Gasteiger partial charge in [-0.25, -0.2) is 0 Å². The van der Waals surface area contributed by atoms with Gasteiger partial charge in [-0.1, -0.05) is 60.1 Å². The summed E-state index contributed by atoms with van der Waals surface area (Å²) in [4.78, 5) is 0. The molecule has 1 fully saturated rings. The summed E-state index contributed by atoms with van der Waals surface area (Å²) in [6.45, 7) is 21.9. The van der Waals surface area contributed by atoms with Crippen LogP contribution in [0.2, 0.25) is 44.3 Å². The van der Waals surface area contributed by atoms with E-state index in [4.69, 9.17) is 0 Å². The van der Waals surface area contributed by atoms with Gasteiger partial charge >= 0.3 is 8.73 Å². The van der Waals surface area contributed by atoms with Crippen LogP contribution in [0.3, 0.4) is 0 Å². The first-order chi connectivity index (χ1) is 7.72. The molecule has 0 bridgehead atoms. The van der Waals surface area contributed by atoms with E-state index in [0.717, 1.165) is 13.1 Å². The molecule has 1 saturated heterocycles. The first kappa shape index (κ1) is 16.6. The van der Waals surface area contributed by atoms with Crippen LogP contribution in [0.4, 0.5) is 4.11 Å². The normalized spacial score (nSPS) is 23.7. The van der Waals surface area contributed by atoms with Crippen LogP contribution in [0.15, 0.2) is 0 Å². The number of rotatable bonds is 2. The molecule has 1 rings (SSSR count). The lowest BCUT2D eigenvalue weighted by atomic mass is 10.3. The molecule has 0 aromatic carbocycles. The number of hydrogen-bond acceptors (Lipinski definition) is 2. The summed E-state index contributed by atoms with van der Waals surface area (Å²) in [5, 5.41) is -0.232. The second kappa shape index (κ2) is 4.51. The Kier molecular flexibility index (Phi) is 4.15. The summed E-state index contributed by atoms with van der Waals surface area (Å²) in [5.74, 6) is 0. The Bertz CT molecular complexity index is 293. The van der Waals surface area contributed by atoms with Crippen molar-refractivity contribution in [2.45, 2.75) is 65.1 Å². The maximum Gasteiger partial charge on any atom is 0.393 e. The van der Waals surface area contributed by atoms with Crippen LogP contribution < -0.4 is 0 Å².